The van der Waals surface area contributed by atoms with Crippen molar-refractivity contribution in [3.05, 3.63) is 59.7 Å². The van der Waals surface area contributed by atoms with Crippen molar-refractivity contribution in [2.75, 3.05) is 19.8 Å². The van der Waals surface area contributed by atoms with Crippen molar-refractivity contribution in [1.82, 2.24) is 5.32 Å². The predicted molar refractivity (Wildman–Crippen MR) is 101 cm³/mol. The highest BCUT2D eigenvalue weighted by Gasteiger charge is 2.15. The molecule has 5 nitrogen and oxygen atoms in total. The number of carbonyl (C=O) groups excluding carboxylic acids is 1. The van der Waals surface area contributed by atoms with E-state index in [1.54, 1.807) is 6.08 Å². The third-order valence-corrected chi connectivity index (χ3v) is 4.04. The first-order valence-corrected chi connectivity index (χ1v) is 8.76. The summed E-state index contributed by atoms with van der Waals surface area (Å²) in [7, 11) is 0. The van der Waals surface area contributed by atoms with Crippen LogP contribution in [0.15, 0.2) is 48.5 Å². The molecule has 0 bridgehead atoms. The van der Waals surface area contributed by atoms with Crippen LogP contribution in [0.2, 0.25) is 0 Å². The van der Waals surface area contributed by atoms with Gasteiger partial charge in [-0.25, -0.2) is 0 Å². The third-order valence-electron chi connectivity index (χ3n) is 4.04. The van der Waals surface area contributed by atoms with Crippen molar-refractivity contribution in [3.8, 4) is 17.2 Å². The first kappa shape index (κ1) is 17.9. The highest BCUT2D eigenvalue weighted by atomic mass is 16.6. The van der Waals surface area contributed by atoms with Gasteiger partial charge >= 0.3 is 0 Å². The van der Waals surface area contributed by atoms with Crippen LogP contribution in [0.25, 0.3) is 6.08 Å². The van der Waals surface area contributed by atoms with Gasteiger partial charge in [-0.1, -0.05) is 18.2 Å². The number of fused-ring (bicyclic) bond motifs is 1. The van der Waals surface area contributed by atoms with Crippen molar-refractivity contribution in [2.24, 2.45) is 0 Å². The zero-order valence-corrected chi connectivity index (χ0v) is 15.0. The number of hydrogen-bond donors (Lipinski definition) is 1. The van der Waals surface area contributed by atoms with E-state index in [-0.39, 0.29) is 11.9 Å². The molecule has 1 unspecified atom stereocenters. The molecular weight excluding hydrogens is 330 g/mol. The van der Waals surface area contributed by atoms with Crippen LogP contribution >= 0.6 is 0 Å². The number of benzene rings is 2. The number of rotatable bonds is 6. The lowest BCUT2D eigenvalue weighted by Crippen LogP contribution is -2.25. The summed E-state index contributed by atoms with van der Waals surface area (Å²) in [6.07, 6.45) is 3.31. The molecule has 1 atom stereocenters. The van der Waals surface area contributed by atoms with E-state index in [0.29, 0.717) is 19.8 Å². The van der Waals surface area contributed by atoms with Gasteiger partial charge in [0.25, 0.3) is 0 Å². The van der Waals surface area contributed by atoms with Crippen molar-refractivity contribution in [3.63, 3.8) is 0 Å². The number of amides is 1. The third kappa shape index (κ3) is 4.57. The van der Waals surface area contributed by atoms with E-state index in [2.05, 4.69) is 5.32 Å². The molecule has 26 heavy (non-hydrogen) atoms. The van der Waals surface area contributed by atoms with Gasteiger partial charge in [-0.3, -0.25) is 4.79 Å². The smallest absolute Gasteiger partial charge is 0.244 e. The Kier molecular flexibility index (Phi) is 5.79. The van der Waals surface area contributed by atoms with Crippen molar-refractivity contribution < 1.29 is 19.0 Å². The number of carbonyl (C=O) groups is 1. The average molecular weight is 353 g/mol. The highest BCUT2D eigenvalue weighted by molar-refractivity contribution is 5.92. The van der Waals surface area contributed by atoms with Gasteiger partial charge in [0.1, 0.15) is 19.0 Å². The summed E-state index contributed by atoms with van der Waals surface area (Å²) in [6, 6.07) is 13.2. The van der Waals surface area contributed by atoms with Crippen LogP contribution in [0.4, 0.5) is 0 Å². The minimum absolute atomic E-state index is 0.136. The van der Waals surface area contributed by atoms with Crippen LogP contribution < -0.4 is 19.5 Å². The first-order chi connectivity index (χ1) is 12.7. The molecule has 136 valence electrons. The number of nitrogens with one attached hydrogen (secondary N) is 1. The lowest BCUT2D eigenvalue weighted by Gasteiger charge is -2.20. The zero-order valence-electron chi connectivity index (χ0n) is 15.0. The Morgan fingerprint density at radius 1 is 1.15 bits per heavy atom. The molecule has 1 aliphatic rings. The maximum atomic E-state index is 12.2. The largest absolute Gasteiger partial charge is 0.494 e. The van der Waals surface area contributed by atoms with Crippen molar-refractivity contribution in [2.45, 2.75) is 19.9 Å². The van der Waals surface area contributed by atoms with Gasteiger partial charge < -0.3 is 19.5 Å². The first-order valence-electron chi connectivity index (χ1n) is 8.76. The number of hydrogen-bond acceptors (Lipinski definition) is 4. The van der Waals surface area contributed by atoms with Crippen molar-refractivity contribution in [1.29, 1.82) is 0 Å². The monoisotopic (exact) mass is 353 g/mol. The summed E-state index contributed by atoms with van der Waals surface area (Å²) in [4.78, 5) is 12.2. The van der Waals surface area contributed by atoms with Gasteiger partial charge in [-0.15, -0.1) is 0 Å². The molecule has 0 aromatic heterocycles. The van der Waals surface area contributed by atoms with Gasteiger partial charge in [0.05, 0.1) is 12.6 Å². The Labute approximate surface area is 153 Å². The molecule has 0 spiro atoms. The maximum Gasteiger partial charge on any atom is 0.244 e. The molecule has 2 aromatic rings. The average Bonchev–Trinajstić information content (AvgIpc) is 2.67. The molecule has 2 aromatic carbocycles. The van der Waals surface area contributed by atoms with Crippen LogP contribution in [0, 0.1) is 0 Å². The quantitative estimate of drug-likeness (QED) is 0.804. The summed E-state index contributed by atoms with van der Waals surface area (Å²) in [5, 5.41) is 2.96. The second-order valence-corrected chi connectivity index (χ2v) is 5.97. The molecule has 1 heterocycles. The second-order valence-electron chi connectivity index (χ2n) is 5.97. The minimum Gasteiger partial charge on any atom is -0.494 e. The molecule has 0 radical (unpaired) electrons. The fourth-order valence-electron chi connectivity index (χ4n) is 2.69. The Balaban J connectivity index is 1.58. The van der Waals surface area contributed by atoms with Crippen molar-refractivity contribution >= 4 is 12.0 Å². The molecule has 3 rings (SSSR count). The molecule has 0 aliphatic carbocycles. The predicted octanol–water partition coefficient (Wildman–Crippen LogP) is 3.75. The molecule has 1 N–H and O–H groups in total. The zero-order chi connectivity index (χ0) is 18.4. The van der Waals surface area contributed by atoms with Crippen LogP contribution in [0.3, 0.4) is 0 Å². The van der Waals surface area contributed by atoms with Crippen LogP contribution in [-0.4, -0.2) is 25.7 Å². The van der Waals surface area contributed by atoms with Crippen LogP contribution in [0.1, 0.15) is 31.0 Å². The Morgan fingerprint density at radius 3 is 2.62 bits per heavy atom. The SMILES string of the molecule is CCOc1ccc(/C=C/C(=O)NC(C)c2ccc3c(c2)OCCO3)cc1. The lowest BCUT2D eigenvalue weighted by molar-refractivity contribution is -0.117. The number of ether oxygens (including phenoxy) is 3. The molecule has 0 saturated heterocycles. The van der Waals surface area contributed by atoms with Gasteiger partial charge in [0.15, 0.2) is 11.5 Å². The highest BCUT2D eigenvalue weighted by Crippen LogP contribution is 2.32. The van der Waals surface area contributed by atoms with Gasteiger partial charge in [-0.05, 0) is 55.3 Å². The standard InChI is InChI=1S/C21H23NO4/c1-3-24-18-8-4-16(5-9-18)6-11-21(23)22-15(2)17-7-10-19-20(14-17)26-13-12-25-19/h4-11,14-15H,3,12-13H2,1-2H3,(H,22,23)/b11-6+. The summed E-state index contributed by atoms with van der Waals surface area (Å²) in [6.45, 7) is 5.63. The van der Waals surface area contributed by atoms with E-state index in [9.17, 15) is 4.79 Å². The minimum atomic E-state index is -0.152. The van der Waals surface area contributed by atoms with Crippen LogP contribution in [-0.2, 0) is 4.79 Å². The van der Waals surface area contributed by atoms with E-state index in [1.165, 1.54) is 6.08 Å². The normalized spacial score (nSPS) is 14.1. The van der Waals surface area contributed by atoms with E-state index < -0.39 is 0 Å². The fraction of sp³-hybridized carbons (Fsp3) is 0.286. The van der Waals surface area contributed by atoms with Gasteiger partial charge in [0.2, 0.25) is 5.91 Å². The summed E-state index contributed by atoms with van der Waals surface area (Å²) < 4.78 is 16.5. The lowest BCUT2D eigenvalue weighted by atomic mass is 10.1. The molecule has 0 saturated carbocycles. The summed E-state index contributed by atoms with van der Waals surface area (Å²) in [5.41, 5.74) is 1.91. The van der Waals surface area contributed by atoms with E-state index in [4.69, 9.17) is 14.2 Å². The molecular formula is C21H23NO4. The second kappa shape index (κ2) is 8.43. The molecule has 1 aliphatic heterocycles. The van der Waals surface area contributed by atoms with E-state index in [0.717, 1.165) is 28.4 Å². The maximum absolute atomic E-state index is 12.2. The molecule has 1 amide bonds. The van der Waals surface area contributed by atoms with Gasteiger partial charge in [0, 0.05) is 6.08 Å². The molecule has 0 fully saturated rings. The Hall–Kier alpha value is -2.95. The summed E-state index contributed by atoms with van der Waals surface area (Å²) >= 11 is 0. The van der Waals surface area contributed by atoms with Gasteiger partial charge in [-0.2, -0.15) is 0 Å². The fourth-order valence-corrected chi connectivity index (χ4v) is 2.69. The van der Waals surface area contributed by atoms with Crippen LogP contribution in [0.5, 0.6) is 17.2 Å². The van der Waals surface area contributed by atoms with E-state index >= 15 is 0 Å². The topological polar surface area (TPSA) is 56.8 Å². The molecule has 5 heteroatoms. The summed E-state index contributed by atoms with van der Waals surface area (Å²) in [5.74, 6) is 2.14. The Morgan fingerprint density at radius 2 is 1.88 bits per heavy atom. The Bertz CT molecular complexity index is 783. The van der Waals surface area contributed by atoms with E-state index in [1.807, 2.05) is 56.3 Å².